The molecular formula is C19H17ClN4O. The fraction of sp³-hybridized carbons (Fsp3) is 0.211. The second kappa shape index (κ2) is 6.01. The molecule has 25 heavy (non-hydrogen) atoms. The summed E-state index contributed by atoms with van der Waals surface area (Å²) in [6.07, 6.45) is 4.10. The van der Waals surface area contributed by atoms with Crippen LogP contribution in [0, 0.1) is 5.41 Å². The van der Waals surface area contributed by atoms with Crippen LogP contribution in [0.4, 0.5) is 5.82 Å². The Kier molecular flexibility index (Phi) is 3.81. The van der Waals surface area contributed by atoms with Crippen molar-refractivity contribution in [2.45, 2.75) is 6.42 Å². The Balaban J connectivity index is 1.60. The molecule has 1 aliphatic rings. The lowest BCUT2D eigenvalue weighted by Crippen LogP contribution is -2.64. The van der Waals surface area contributed by atoms with Gasteiger partial charge in [-0.05, 0) is 42.3 Å². The number of hydrogen-bond acceptors (Lipinski definition) is 4. The maximum absolute atomic E-state index is 12.2. The number of carbonyl (C=O) groups is 1. The van der Waals surface area contributed by atoms with E-state index in [1.807, 2.05) is 42.5 Å². The van der Waals surface area contributed by atoms with E-state index >= 15 is 0 Å². The number of rotatable bonds is 4. The summed E-state index contributed by atoms with van der Waals surface area (Å²) >= 11 is 5.94. The zero-order chi connectivity index (χ0) is 17.4. The normalized spacial score (nSPS) is 15.8. The molecule has 6 heteroatoms. The molecule has 1 saturated heterocycles. The van der Waals surface area contributed by atoms with Gasteiger partial charge in [-0.2, -0.15) is 0 Å². The SMILES string of the molecule is NC(=O)C1(Cc2ccc(Cl)cc2)CN(c2nccc3ncccc23)C1. The maximum atomic E-state index is 12.2. The van der Waals surface area contributed by atoms with Crippen LogP contribution in [-0.2, 0) is 11.2 Å². The van der Waals surface area contributed by atoms with Crippen LogP contribution in [0.1, 0.15) is 5.56 Å². The fourth-order valence-corrected chi connectivity index (χ4v) is 3.55. The molecule has 3 aromatic rings. The van der Waals surface area contributed by atoms with Gasteiger partial charge in [0, 0.05) is 35.9 Å². The first-order valence-electron chi connectivity index (χ1n) is 8.06. The predicted molar refractivity (Wildman–Crippen MR) is 98.5 cm³/mol. The first-order valence-corrected chi connectivity index (χ1v) is 8.44. The highest BCUT2D eigenvalue weighted by Crippen LogP contribution is 2.38. The van der Waals surface area contributed by atoms with Crippen molar-refractivity contribution in [2.75, 3.05) is 18.0 Å². The van der Waals surface area contributed by atoms with Gasteiger partial charge in [-0.15, -0.1) is 0 Å². The van der Waals surface area contributed by atoms with Crippen molar-refractivity contribution in [3.63, 3.8) is 0 Å². The van der Waals surface area contributed by atoms with Gasteiger partial charge in [0.15, 0.2) is 0 Å². The molecule has 1 aromatic carbocycles. The molecule has 0 aliphatic carbocycles. The number of hydrogen-bond donors (Lipinski definition) is 1. The molecule has 3 heterocycles. The van der Waals surface area contributed by atoms with Gasteiger partial charge in [0.1, 0.15) is 5.82 Å². The van der Waals surface area contributed by atoms with Crippen molar-refractivity contribution in [1.82, 2.24) is 9.97 Å². The number of amides is 1. The van der Waals surface area contributed by atoms with Gasteiger partial charge in [-0.1, -0.05) is 23.7 Å². The third-order valence-corrected chi connectivity index (χ3v) is 5.03. The first kappa shape index (κ1) is 15.8. The van der Waals surface area contributed by atoms with E-state index in [4.69, 9.17) is 17.3 Å². The molecule has 1 aliphatic heterocycles. The zero-order valence-electron chi connectivity index (χ0n) is 13.5. The van der Waals surface area contributed by atoms with E-state index in [0.29, 0.717) is 24.5 Å². The smallest absolute Gasteiger partial charge is 0.227 e. The summed E-state index contributed by atoms with van der Waals surface area (Å²) in [5, 5.41) is 1.66. The molecule has 0 radical (unpaired) electrons. The van der Waals surface area contributed by atoms with E-state index < -0.39 is 5.41 Å². The van der Waals surface area contributed by atoms with Crippen LogP contribution >= 0.6 is 11.6 Å². The number of nitrogens with zero attached hydrogens (tertiary/aromatic N) is 3. The van der Waals surface area contributed by atoms with Crippen LogP contribution in [0.15, 0.2) is 54.9 Å². The minimum Gasteiger partial charge on any atom is -0.369 e. The van der Waals surface area contributed by atoms with Gasteiger partial charge in [0.25, 0.3) is 0 Å². The fourth-order valence-electron chi connectivity index (χ4n) is 3.42. The Morgan fingerprint density at radius 3 is 2.60 bits per heavy atom. The number of nitrogens with two attached hydrogens (primary N) is 1. The van der Waals surface area contributed by atoms with Crippen molar-refractivity contribution >= 4 is 34.2 Å². The van der Waals surface area contributed by atoms with Gasteiger partial charge >= 0.3 is 0 Å². The van der Waals surface area contributed by atoms with Gasteiger partial charge in [0.05, 0.1) is 10.9 Å². The van der Waals surface area contributed by atoms with E-state index in [2.05, 4.69) is 14.9 Å². The molecule has 0 atom stereocenters. The summed E-state index contributed by atoms with van der Waals surface area (Å²) < 4.78 is 0. The van der Waals surface area contributed by atoms with Crippen LogP contribution in [0.3, 0.4) is 0 Å². The first-order chi connectivity index (χ1) is 12.1. The van der Waals surface area contributed by atoms with Crippen LogP contribution in [0.2, 0.25) is 5.02 Å². The molecule has 4 rings (SSSR count). The molecule has 0 saturated carbocycles. The van der Waals surface area contributed by atoms with Crippen LogP contribution < -0.4 is 10.6 Å². The molecular weight excluding hydrogens is 336 g/mol. The Morgan fingerprint density at radius 1 is 1.12 bits per heavy atom. The van der Waals surface area contributed by atoms with E-state index in [1.165, 1.54) is 0 Å². The lowest BCUT2D eigenvalue weighted by molar-refractivity contribution is -0.129. The summed E-state index contributed by atoms with van der Waals surface area (Å²) in [5.41, 5.74) is 7.10. The topological polar surface area (TPSA) is 72.1 Å². The second-order valence-electron chi connectivity index (χ2n) is 6.51. The average Bonchev–Trinajstić information content (AvgIpc) is 2.59. The van der Waals surface area contributed by atoms with Crippen LogP contribution in [-0.4, -0.2) is 29.0 Å². The highest BCUT2D eigenvalue weighted by Gasteiger charge is 2.48. The minimum atomic E-state index is -0.583. The van der Waals surface area contributed by atoms with E-state index in [-0.39, 0.29) is 5.91 Å². The summed E-state index contributed by atoms with van der Waals surface area (Å²) in [5.74, 6) is 0.565. The van der Waals surface area contributed by atoms with Crippen molar-refractivity contribution in [3.05, 3.63) is 65.4 Å². The highest BCUT2D eigenvalue weighted by molar-refractivity contribution is 6.30. The average molecular weight is 353 g/mol. The summed E-state index contributed by atoms with van der Waals surface area (Å²) in [6, 6.07) is 13.3. The molecule has 1 fully saturated rings. The lowest BCUT2D eigenvalue weighted by atomic mass is 9.74. The number of carbonyl (C=O) groups excluding carboxylic acids is 1. The number of halogens is 1. The molecule has 5 nitrogen and oxygen atoms in total. The molecule has 126 valence electrons. The monoisotopic (exact) mass is 352 g/mol. The van der Waals surface area contributed by atoms with Crippen molar-refractivity contribution in [2.24, 2.45) is 11.1 Å². The quantitative estimate of drug-likeness (QED) is 0.783. The van der Waals surface area contributed by atoms with Crippen molar-refractivity contribution < 1.29 is 4.79 Å². The Hall–Kier alpha value is -2.66. The third kappa shape index (κ3) is 2.81. The van der Waals surface area contributed by atoms with Crippen molar-refractivity contribution in [1.29, 1.82) is 0 Å². The number of anilines is 1. The molecule has 2 aromatic heterocycles. The van der Waals surface area contributed by atoms with E-state index in [9.17, 15) is 4.79 Å². The number of primary amides is 1. The molecule has 2 N–H and O–H groups in total. The van der Waals surface area contributed by atoms with Gasteiger partial charge < -0.3 is 10.6 Å². The highest BCUT2D eigenvalue weighted by atomic mass is 35.5. The number of fused-ring (bicyclic) bond motifs is 1. The molecule has 1 amide bonds. The lowest BCUT2D eigenvalue weighted by Gasteiger charge is -2.49. The number of benzene rings is 1. The largest absolute Gasteiger partial charge is 0.369 e. The number of pyridine rings is 2. The van der Waals surface area contributed by atoms with Gasteiger partial charge in [-0.3, -0.25) is 9.78 Å². The third-order valence-electron chi connectivity index (χ3n) is 4.77. The van der Waals surface area contributed by atoms with Gasteiger partial charge in [0.2, 0.25) is 5.91 Å². The Morgan fingerprint density at radius 2 is 1.88 bits per heavy atom. The van der Waals surface area contributed by atoms with Crippen LogP contribution in [0.5, 0.6) is 0 Å². The molecule has 0 unspecified atom stereocenters. The maximum Gasteiger partial charge on any atom is 0.227 e. The van der Waals surface area contributed by atoms with Crippen LogP contribution in [0.25, 0.3) is 10.9 Å². The summed E-state index contributed by atoms with van der Waals surface area (Å²) in [4.78, 5) is 23.1. The minimum absolute atomic E-state index is 0.280. The Labute approximate surface area is 150 Å². The standard InChI is InChI=1S/C19H17ClN4O/c20-14-5-3-13(4-6-14)10-19(18(21)25)11-24(12-19)17-15-2-1-8-22-16(15)7-9-23-17/h1-9H,10-12H2,(H2,21,25). The van der Waals surface area contributed by atoms with Gasteiger partial charge in [-0.25, -0.2) is 4.98 Å². The zero-order valence-corrected chi connectivity index (χ0v) is 14.3. The van der Waals surface area contributed by atoms with E-state index in [0.717, 1.165) is 22.3 Å². The summed E-state index contributed by atoms with van der Waals surface area (Å²) in [7, 11) is 0. The second-order valence-corrected chi connectivity index (χ2v) is 6.94. The number of aromatic nitrogens is 2. The molecule has 0 spiro atoms. The summed E-state index contributed by atoms with van der Waals surface area (Å²) in [6.45, 7) is 1.10. The van der Waals surface area contributed by atoms with E-state index in [1.54, 1.807) is 12.4 Å². The Bertz CT molecular complexity index is 930. The molecule has 0 bridgehead atoms. The predicted octanol–water partition coefficient (Wildman–Crippen LogP) is 2.82. The van der Waals surface area contributed by atoms with Crippen molar-refractivity contribution in [3.8, 4) is 0 Å².